The summed E-state index contributed by atoms with van der Waals surface area (Å²) in [5, 5.41) is 4.15. The van der Waals surface area contributed by atoms with Crippen LogP contribution in [-0.2, 0) is 11.7 Å². The second kappa shape index (κ2) is 4.79. The minimum absolute atomic E-state index is 0.0648. The first-order chi connectivity index (χ1) is 9.10. The van der Waals surface area contributed by atoms with Crippen LogP contribution in [0.2, 0.25) is 5.02 Å². The number of alkyl halides is 3. The van der Waals surface area contributed by atoms with Crippen LogP contribution in [0.3, 0.4) is 0 Å². The number of halogens is 4. The SMILES string of the molecule is CC(C)(N)c1cnn(-c2cccc(Cl)c2)c1C(F)(F)F. The Morgan fingerprint density at radius 2 is 1.90 bits per heavy atom. The largest absolute Gasteiger partial charge is 0.433 e. The van der Waals surface area contributed by atoms with E-state index in [0.29, 0.717) is 5.02 Å². The molecule has 2 aromatic rings. The maximum Gasteiger partial charge on any atom is 0.433 e. The molecule has 0 spiro atoms. The van der Waals surface area contributed by atoms with Gasteiger partial charge >= 0.3 is 6.18 Å². The van der Waals surface area contributed by atoms with Crippen molar-refractivity contribution in [2.24, 2.45) is 5.73 Å². The lowest BCUT2D eigenvalue weighted by Crippen LogP contribution is -2.31. The van der Waals surface area contributed by atoms with Crippen LogP contribution >= 0.6 is 11.6 Å². The number of nitrogens with two attached hydrogens (primary N) is 1. The van der Waals surface area contributed by atoms with Crippen molar-refractivity contribution < 1.29 is 13.2 Å². The summed E-state index contributed by atoms with van der Waals surface area (Å²) in [6, 6.07) is 6.06. The zero-order chi connectivity index (χ0) is 15.1. The first-order valence-electron chi connectivity index (χ1n) is 5.81. The van der Waals surface area contributed by atoms with E-state index in [4.69, 9.17) is 17.3 Å². The van der Waals surface area contributed by atoms with Crippen LogP contribution < -0.4 is 5.73 Å². The molecule has 0 aliphatic rings. The van der Waals surface area contributed by atoms with Gasteiger partial charge in [0, 0.05) is 16.1 Å². The third-order valence-corrected chi connectivity index (χ3v) is 3.02. The number of nitrogens with zero attached hydrogens (tertiary/aromatic N) is 2. The summed E-state index contributed by atoms with van der Waals surface area (Å²) in [6.45, 7) is 3.00. The standard InChI is InChI=1S/C13H13ClF3N3/c1-12(2,18)10-7-19-20(11(10)13(15,16)17)9-5-3-4-8(14)6-9/h3-7H,18H2,1-2H3. The van der Waals surface area contributed by atoms with Gasteiger partial charge in [0.05, 0.1) is 11.9 Å². The molecule has 7 heteroatoms. The molecule has 108 valence electrons. The molecule has 1 heterocycles. The highest BCUT2D eigenvalue weighted by atomic mass is 35.5. The Labute approximate surface area is 119 Å². The molecule has 0 fully saturated rings. The summed E-state index contributed by atoms with van der Waals surface area (Å²) >= 11 is 5.81. The van der Waals surface area contributed by atoms with E-state index in [2.05, 4.69) is 5.10 Å². The highest BCUT2D eigenvalue weighted by molar-refractivity contribution is 6.30. The van der Waals surface area contributed by atoms with Crippen LogP contribution in [0, 0.1) is 0 Å². The molecule has 1 aromatic carbocycles. The fraction of sp³-hybridized carbons (Fsp3) is 0.308. The fourth-order valence-corrected chi connectivity index (χ4v) is 2.08. The quantitative estimate of drug-likeness (QED) is 0.918. The third kappa shape index (κ3) is 2.81. The zero-order valence-corrected chi connectivity index (χ0v) is 11.6. The Bertz CT molecular complexity index is 627. The van der Waals surface area contributed by atoms with Crippen LogP contribution in [0.1, 0.15) is 25.1 Å². The average Bonchev–Trinajstić information content (AvgIpc) is 2.72. The third-order valence-electron chi connectivity index (χ3n) is 2.78. The fourth-order valence-electron chi connectivity index (χ4n) is 1.90. The first-order valence-corrected chi connectivity index (χ1v) is 6.19. The van der Waals surface area contributed by atoms with Gasteiger partial charge in [0.1, 0.15) is 0 Å². The number of aromatic nitrogens is 2. The summed E-state index contributed by atoms with van der Waals surface area (Å²) in [4.78, 5) is 0. The Balaban J connectivity index is 2.70. The van der Waals surface area contributed by atoms with Crippen LogP contribution in [0.25, 0.3) is 5.69 Å². The summed E-state index contributed by atoms with van der Waals surface area (Å²) in [6.07, 6.45) is -3.42. The molecular weight excluding hydrogens is 291 g/mol. The Hall–Kier alpha value is -1.53. The van der Waals surface area contributed by atoms with Crippen molar-refractivity contribution in [2.45, 2.75) is 25.6 Å². The van der Waals surface area contributed by atoms with Crippen LogP contribution in [-0.4, -0.2) is 9.78 Å². The van der Waals surface area contributed by atoms with E-state index in [1.54, 1.807) is 12.1 Å². The topological polar surface area (TPSA) is 43.8 Å². The van der Waals surface area contributed by atoms with E-state index in [9.17, 15) is 13.2 Å². The van der Waals surface area contributed by atoms with E-state index in [1.807, 2.05) is 0 Å². The lowest BCUT2D eigenvalue weighted by Gasteiger charge is -2.21. The molecule has 0 aliphatic carbocycles. The molecule has 0 atom stereocenters. The minimum atomic E-state index is -4.56. The summed E-state index contributed by atoms with van der Waals surface area (Å²) < 4.78 is 40.7. The lowest BCUT2D eigenvalue weighted by molar-refractivity contribution is -0.143. The zero-order valence-electron chi connectivity index (χ0n) is 10.9. The molecule has 2 rings (SSSR count). The van der Waals surface area contributed by atoms with Crippen molar-refractivity contribution in [3.63, 3.8) is 0 Å². The molecule has 0 saturated heterocycles. The molecule has 0 aliphatic heterocycles. The smallest absolute Gasteiger partial charge is 0.322 e. The number of rotatable bonds is 2. The lowest BCUT2D eigenvalue weighted by atomic mass is 9.96. The number of hydrogen-bond donors (Lipinski definition) is 1. The second-order valence-electron chi connectivity index (χ2n) is 5.02. The first kappa shape index (κ1) is 14.9. The highest BCUT2D eigenvalue weighted by Gasteiger charge is 2.41. The summed E-state index contributed by atoms with van der Waals surface area (Å²) in [7, 11) is 0. The van der Waals surface area contributed by atoms with Crippen molar-refractivity contribution in [3.8, 4) is 5.69 Å². The molecule has 2 N–H and O–H groups in total. The van der Waals surface area contributed by atoms with Crippen molar-refractivity contribution in [1.82, 2.24) is 9.78 Å². The van der Waals surface area contributed by atoms with Gasteiger partial charge in [-0.05, 0) is 32.0 Å². The molecule has 1 aromatic heterocycles. The van der Waals surface area contributed by atoms with E-state index in [1.165, 1.54) is 26.0 Å². The minimum Gasteiger partial charge on any atom is -0.322 e. The molecule has 0 unspecified atom stereocenters. The van der Waals surface area contributed by atoms with Crippen LogP contribution in [0.15, 0.2) is 30.5 Å². The van der Waals surface area contributed by atoms with Gasteiger partial charge in [0.2, 0.25) is 0 Å². The van der Waals surface area contributed by atoms with Crippen LogP contribution in [0.4, 0.5) is 13.2 Å². The number of benzene rings is 1. The molecule has 0 radical (unpaired) electrons. The highest BCUT2D eigenvalue weighted by Crippen LogP contribution is 2.37. The Morgan fingerprint density at radius 3 is 2.40 bits per heavy atom. The van der Waals surface area contributed by atoms with Crippen molar-refractivity contribution in [1.29, 1.82) is 0 Å². The van der Waals surface area contributed by atoms with Gasteiger partial charge in [-0.15, -0.1) is 0 Å². The van der Waals surface area contributed by atoms with Gasteiger partial charge in [-0.2, -0.15) is 18.3 Å². The predicted octanol–water partition coefficient (Wildman–Crippen LogP) is 3.74. The maximum atomic E-state index is 13.3. The van der Waals surface area contributed by atoms with Gasteiger partial charge in [0.25, 0.3) is 0 Å². The normalized spacial score (nSPS) is 12.8. The molecule has 0 saturated carbocycles. The molecule has 20 heavy (non-hydrogen) atoms. The van der Waals surface area contributed by atoms with Crippen molar-refractivity contribution in [2.75, 3.05) is 0 Å². The monoisotopic (exact) mass is 303 g/mol. The molecule has 0 bridgehead atoms. The molecule has 0 amide bonds. The van der Waals surface area contributed by atoms with Gasteiger partial charge in [0.15, 0.2) is 5.69 Å². The predicted molar refractivity (Wildman–Crippen MR) is 70.8 cm³/mol. The second-order valence-corrected chi connectivity index (χ2v) is 5.45. The molecule has 3 nitrogen and oxygen atoms in total. The van der Waals surface area contributed by atoms with Gasteiger partial charge < -0.3 is 5.73 Å². The van der Waals surface area contributed by atoms with Crippen molar-refractivity contribution in [3.05, 3.63) is 46.7 Å². The summed E-state index contributed by atoms with van der Waals surface area (Å²) in [5.41, 5.74) is 3.93. The summed E-state index contributed by atoms with van der Waals surface area (Å²) in [5.74, 6) is 0. The average molecular weight is 304 g/mol. The van der Waals surface area contributed by atoms with E-state index < -0.39 is 17.4 Å². The van der Waals surface area contributed by atoms with E-state index in [-0.39, 0.29) is 11.3 Å². The van der Waals surface area contributed by atoms with Gasteiger partial charge in [-0.25, -0.2) is 4.68 Å². The molecular formula is C13H13ClF3N3. The Morgan fingerprint density at radius 1 is 1.25 bits per heavy atom. The number of hydrogen-bond acceptors (Lipinski definition) is 2. The Kier molecular flexibility index (Phi) is 3.56. The van der Waals surface area contributed by atoms with Crippen LogP contribution in [0.5, 0.6) is 0 Å². The van der Waals surface area contributed by atoms with E-state index >= 15 is 0 Å². The van der Waals surface area contributed by atoms with Gasteiger partial charge in [-0.1, -0.05) is 17.7 Å². The van der Waals surface area contributed by atoms with Crippen molar-refractivity contribution >= 4 is 11.6 Å². The van der Waals surface area contributed by atoms with Gasteiger partial charge in [-0.3, -0.25) is 0 Å². The van der Waals surface area contributed by atoms with E-state index in [0.717, 1.165) is 10.9 Å². The maximum absolute atomic E-state index is 13.3.